The van der Waals surface area contributed by atoms with E-state index in [9.17, 15) is 4.79 Å². The summed E-state index contributed by atoms with van der Waals surface area (Å²) in [7, 11) is 0. The Hall–Kier alpha value is -1.95. The van der Waals surface area contributed by atoms with Gasteiger partial charge in [-0.15, -0.1) is 10.2 Å². The quantitative estimate of drug-likeness (QED) is 0.833. The molecule has 0 saturated heterocycles. The molecule has 2 aromatic rings. The fourth-order valence-corrected chi connectivity index (χ4v) is 2.36. The maximum atomic E-state index is 11.9. The Kier molecular flexibility index (Phi) is 3.76. The molecule has 0 saturated carbocycles. The number of nitrogen functional groups attached to an aromatic ring is 1. The minimum atomic E-state index is -0.459. The lowest BCUT2D eigenvalue weighted by Crippen LogP contribution is -2.27. The third kappa shape index (κ3) is 3.14. The van der Waals surface area contributed by atoms with Crippen molar-refractivity contribution < 1.29 is 4.79 Å². The molecule has 1 aromatic carbocycles. The highest BCUT2D eigenvalue weighted by Gasteiger charge is 2.22. The molecule has 0 spiro atoms. The number of amides is 1. The van der Waals surface area contributed by atoms with E-state index in [2.05, 4.69) is 15.5 Å². The van der Waals surface area contributed by atoms with Gasteiger partial charge in [0, 0.05) is 16.7 Å². The van der Waals surface area contributed by atoms with Gasteiger partial charge in [-0.3, -0.25) is 4.79 Å². The van der Waals surface area contributed by atoms with E-state index in [1.807, 2.05) is 45.9 Å². The Labute approximate surface area is 122 Å². The Morgan fingerprint density at radius 1 is 1.30 bits per heavy atom. The van der Waals surface area contributed by atoms with E-state index < -0.39 is 5.41 Å². The van der Waals surface area contributed by atoms with Gasteiger partial charge >= 0.3 is 0 Å². The number of aryl methyl sites for hydroxylation is 1. The van der Waals surface area contributed by atoms with Crippen LogP contribution in [0.15, 0.2) is 18.2 Å². The molecule has 1 amide bonds. The molecule has 0 aliphatic rings. The molecule has 2 rings (SSSR count). The van der Waals surface area contributed by atoms with Crippen molar-refractivity contribution in [2.45, 2.75) is 27.7 Å². The van der Waals surface area contributed by atoms with Crippen molar-refractivity contribution in [1.82, 2.24) is 10.2 Å². The topological polar surface area (TPSA) is 80.9 Å². The Balaban J connectivity index is 2.25. The Bertz CT molecular complexity index is 643. The van der Waals surface area contributed by atoms with Gasteiger partial charge in [-0.2, -0.15) is 0 Å². The summed E-state index contributed by atoms with van der Waals surface area (Å²) < 4.78 is 0. The third-order valence-corrected chi connectivity index (χ3v) is 3.69. The van der Waals surface area contributed by atoms with Crippen LogP contribution in [-0.2, 0) is 4.79 Å². The highest BCUT2D eigenvalue weighted by molar-refractivity contribution is 7.18. The molecule has 20 heavy (non-hydrogen) atoms. The van der Waals surface area contributed by atoms with Gasteiger partial charge in [0.1, 0.15) is 5.01 Å². The van der Waals surface area contributed by atoms with Crippen LogP contribution in [0.2, 0.25) is 0 Å². The van der Waals surface area contributed by atoms with Gasteiger partial charge in [0.25, 0.3) is 0 Å². The standard InChI is InChI=1S/C14H18N4OS/c1-8-5-6-9(15)7-10(8)11-17-18-13(20-11)16-12(19)14(2,3)4/h5-7H,15H2,1-4H3,(H,16,18,19). The zero-order valence-corrected chi connectivity index (χ0v) is 12.8. The number of carbonyl (C=O) groups excluding carboxylic acids is 1. The van der Waals surface area contributed by atoms with Crippen LogP contribution >= 0.6 is 11.3 Å². The fourth-order valence-electron chi connectivity index (χ4n) is 1.54. The molecular weight excluding hydrogens is 272 g/mol. The van der Waals surface area contributed by atoms with Gasteiger partial charge in [0.15, 0.2) is 0 Å². The highest BCUT2D eigenvalue weighted by Crippen LogP contribution is 2.30. The molecule has 1 aromatic heterocycles. The number of carbonyl (C=O) groups is 1. The smallest absolute Gasteiger partial charge is 0.231 e. The molecule has 0 aliphatic carbocycles. The summed E-state index contributed by atoms with van der Waals surface area (Å²) in [4.78, 5) is 11.9. The molecule has 0 aliphatic heterocycles. The van der Waals surface area contributed by atoms with E-state index in [-0.39, 0.29) is 5.91 Å². The Morgan fingerprint density at radius 3 is 2.65 bits per heavy atom. The first kappa shape index (κ1) is 14.5. The largest absolute Gasteiger partial charge is 0.399 e. The molecule has 106 valence electrons. The summed E-state index contributed by atoms with van der Waals surface area (Å²) in [6.07, 6.45) is 0. The van der Waals surface area contributed by atoms with Crippen molar-refractivity contribution in [3.63, 3.8) is 0 Å². The van der Waals surface area contributed by atoms with Gasteiger partial charge in [-0.1, -0.05) is 38.2 Å². The summed E-state index contributed by atoms with van der Waals surface area (Å²) in [5.74, 6) is -0.0792. The van der Waals surface area contributed by atoms with Gasteiger partial charge < -0.3 is 11.1 Å². The molecule has 0 unspecified atom stereocenters. The predicted molar refractivity (Wildman–Crippen MR) is 82.6 cm³/mol. The number of rotatable bonds is 2. The number of nitrogens with two attached hydrogens (primary N) is 1. The van der Waals surface area contributed by atoms with Crippen molar-refractivity contribution >= 4 is 28.1 Å². The lowest BCUT2D eigenvalue weighted by Gasteiger charge is -2.15. The van der Waals surface area contributed by atoms with E-state index in [0.717, 1.165) is 16.1 Å². The van der Waals surface area contributed by atoms with Crippen LogP contribution < -0.4 is 11.1 Å². The van der Waals surface area contributed by atoms with Crippen molar-refractivity contribution in [3.05, 3.63) is 23.8 Å². The molecule has 0 radical (unpaired) electrons. The van der Waals surface area contributed by atoms with E-state index >= 15 is 0 Å². The normalized spacial score (nSPS) is 11.4. The molecular formula is C14H18N4OS. The summed E-state index contributed by atoms with van der Waals surface area (Å²) in [5, 5.41) is 12.2. The van der Waals surface area contributed by atoms with Gasteiger partial charge in [0.05, 0.1) is 0 Å². The highest BCUT2D eigenvalue weighted by atomic mass is 32.1. The van der Waals surface area contributed by atoms with Crippen LogP contribution in [0.1, 0.15) is 26.3 Å². The lowest BCUT2D eigenvalue weighted by atomic mass is 9.96. The molecule has 0 bridgehead atoms. The number of hydrogen-bond acceptors (Lipinski definition) is 5. The zero-order chi connectivity index (χ0) is 14.9. The van der Waals surface area contributed by atoms with Crippen LogP contribution in [0.5, 0.6) is 0 Å². The van der Waals surface area contributed by atoms with Gasteiger partial charge in [0.2, 0.25) is 11.0 Å². The summed E-state index contributed by atoms with van der Waals surface area (Å²) in [5.41, 5.74) is 8.03. The number of nitrogens with one attached hydrogen (secondary N) is 1. The SMILES string of the molecule is Cc1ccc(N)cc1-c1nnc(NC(=O)C(C)(C)C)s1. The van der Waals surface area contributed by atoms with Crippen LogP contribution in [0.3, 0.4) is 0 Å². The number of anilines is 2. The second-order valence-corrected chi connectivity index (χ2v) is 6.67. The van der Waals surface area contributed by atoms with E-state index in [4.69, 9.17) is 5.73 Å². The molecule has 5 nitrogen and oxygen atoms in total. The van der Waals surface area contributed by atoms with Crippen LogP contribution in [0.4, 0.5) is 10.8 Å². The average Bonchev–Trinajstić information content (AvgIpc) is 2.79. The summed E-state index contributed by atoms with van der Waals surface area (Å²) in [6, 6.07) is 5.66. The second-order valence-electron chi connectivity index (χ2n) is 5.69. The van der Waals surface area contributed by atoms with E-state index in [1.165, 1.54) is 11.3 Å². The van der Waals surface area contributed by atoms with Crippen molar-refractivity contribution in [3.8, 4) is 10.6 Å². The number of nitrogens with zero attached hydrogens (tertiary/aromatic N) is 2. The first-order chi connectivity index (χ1) is 9.27. The number of aromatic nitrogens is 2. The molecule has 6 heteroatoms. The maximum Gasteiger partial charge on any atom is 0.231 e. The van der Waals surface area contributed by atoms with Crippen LogP contribution in [-0.4, -0.2) is 16.1 Å². The molecule has 0 fully saturated rings. The third-order valence-electron chi connectivity index (χ3n) is 2.82. The molecule has 0 atom stereocenters. The fraction of sp³-hybridized carbons (Fsp3) is 0.357. The minimum absolute atomic E-state index is 0.0792. The second kappa shape index (κ2) is 5.20. The maximum absolute atomic E-state index is 11.9. The van der Waals surface area contributed by atoms with Crippen LogP contribution in [0.25, 0.3) is 10.6 Å². The minimum Gasteiger partial charge on any atom is -0.399 e. The first-order valence-corrected chi connectivity index (χ1v) is 7.10. The lowest BCUT2D eigenvalue weighted by molar-refractivity contribution is -0.123. The van der Waals surface area contributed by atoms with Crippen LogP contribution in [0, 0.1) is 12.3 Å². The van der Waals surface area contributed by atoms with Crippen molar-refractivity contribution in [1.29, 1.82) is 0 Å². The monoisotopic (exact) mass is 290 g/mol. The Morgan fingerprint density at radius 2 is 2.00 bits per heavy atom. The molecule has 1 heterocycles. The summed E-state index contributed by atoms with van der Waals surface area (Å²) in [6.45, 7) is 7.55. The van der Waals surface area contributed by atoms with Crippen molar-refractivity contribution in [2.75, 3.05) is 11.1 Å². The molecule has 3 N–H and O–H groups in total. The number of benzene rings is 1. The predicted octanol–water partition coefficient (Wildman–Crippen LogP) is 3.08. The van der Waals surface area contributed by atoms with Gasteiger partial charge in [-0.05, 0) is 24.6 Å². The average molecular weight is 290 g/mol. The summed E-state index contributed by atoms with van der Waals surface area (Å²) >= 11 is 1.34. The number of hydrogen-bond donors (Lipinski definition) is 2. The van der Waals surface area contributed by atoms with Gasteiger partial charge in [-0.25, -0.2) is 0 Å². The van der Waals surface area contributed by atoms with E-state index in [1.54, 1.807) is 0 Å². The first-order valence-electron chi connectivity index (χ1n) is 6.29. The zero-order valence-electron chi connectivity index (χ0n) is 12.0. The van der Waals surface area contributed by atoms with Crippen molar-refractivity contribution in [2.24, 2.45) is 5.41 Å². The van der Waals surface area contributed by atoms with E-state index in [0.29, 0.717) is 10.8 Å².